The fourth-order valence-electron chi connectivity index (χ4n) is 2.44. The minimum Gasteiger partial charge on any atom is -0.490 e. The minimum atomic E-state index is -0.281. The highest BCUT2D eigenvalue weighted by Gasteiger charge is 2.26. The lowest BCUT2D eigenvalue weighted by molar-refractivity contribution is -0.0723. The molecule has 2 atom stereocenters. The number of hydrogen-bond donors (Lipinski definition) is 1. The first-order valence-corrected chi connectivity index (χ1v) is 6.39. The Balaban J connectivity index is 2.08. The summed E-state index contributed by atoms with van der Waals surface area (Å²) in [6.07, 6.45) is 2.21. The molecule has 0 spiro atoms. The highest BCUT2D eigenvalue weighted by molar-refractivity contribution is 5.34. The molecule has 100 valence electrons. The summed E-state index contributed by atoms with van der Waals surface area (Å²) in [5.74, 6) is 0.404. The number of ether oxygens (including phenoxy) is 2. The first-order valence-electron chi connectivity index (χ1n) is 6.39. The second-order valence-corrected chi connectivity index (χ2v) is 4.92. The second kappa shape index (κ2) is 5.67. The zero-order valence-corrected chi connectivity index (χ0v) is 10.9. The Hall–Kier alpha value is -1.13. The maximum Gasteiger partial charge on any atom is 0.124 e. The Morgan fingerprint density at radius 1 is 1.33 bits per heavy atom. The van der Waals surface area contributed by atoms with Crippen LogP contribution in [0.2, 0.25) is 0 Å². The number of hydrogen-bond acceptors (Lipinski definition) is 3. The van der Waals surface area contributed by atoms with Crippen LogP contribution in [0.15, 0.2) is 18.2 Å². The monoisotopic (exact) mass is 253 g/mol. The molecular weight excluding hydrogens is 233 g/mol. The van der Waals surface area contributed by atoms with Gasteiger partial charge in [0.2, 0.25) is 0 Å². The molecule has 2 unspecified atom stereocenters. The molecule has 0 amide bonds. The van der Waals surface area contributed by atoms with Crippen molar-refractivity contribution in [3.05, 3.63) is 29.6 Å². The van der Waals surface area contributed by atoms with Gasteiger partial charge in [-0.1, -0.05) is 0 Å². The Morgan fingerprint density at radius 3 is 2.61 bits per heavy atom. The predicted octanol–water partition coefficient (Wildman–Crippen LogP) is 2.62. The predicted molar refractivity (Wildman–Crippen MR) is 68.0 cm³/mol. The molecule has 2 rings (SSSR count). The first-order chi connectivity index (χ1) is 8.58. The van der Waals surface area contributed by atoms with Gasteiger partial charge in [-0.15, -0.1) is 0 Å². The van der Waals surface area contributed by atoms with E-state index in [0.717, 1.165) is 12.8 Å². The van der Waals surface area contributed by atoms with Gasteiger partial charge in [-0.3, -0.25) is 0 Å². The van der Waals surface area contributed by atoms with Gasteiger partial charge >= 0.3 is 0 Å². The largest absolute Gasteiger partial charge is 0.490 e. The molecule has 1 saturated heterocycles. The van der Waals surface area contributed by atoms with Crippen LogP contribution in [0.1, 0.15) is 32.3 Å². The summed E-state index contributed by atoms with van der Waals surface area (Å²) < 4.78 is 24.7. The SMILES string of the molecule is CC1CC(Oc2ccc(F)cc2CN)CC(C)O1. The quantitative estimate of drug-likeness (QED) is 0.900. The van der Waals surface area contributed by atoms with Crippen LogP contribution in [0.4, 0.5) is 4.39 Å². The average molecular weight is 253 g/mol. The normalized spacial score (nSPS) is 28.1. The number of rotatable bonds is 3. The van der Waals surface area contributed by atoms with Crippen molar-refractivity contribution < 1.29 is 13.9 Å². The summed E-state index contributed by atoms with van der Waals surface area (Å²) in [5.41, 5.74) is 6.32. The molecule has 2 N–H and O–H groups in total. The standard InChI is InChI=1S/C14H20FNO2/c1-9-5-13(6-10(2)17-9)18-14-4-3-12(15)7-11(14)8-16/h3-4,7,9-10,13H,5-6,8,16H2,1-2H3. The van der Waals surface area contributed by atoms with Gasteiger partial charge in [0, 0.05) is 24.9 Å². The van der Waals surface area contributed by atoms with Crippen LogP contribution >= 0.6 is 0 Å². The van der Waals surface area contributed by atoms with Crippen molar-refractivity contribution in [2.24, 2.45) is 5.73 Å². The molecule has 4 heteroatoms. The second-order valence-electron chi connectivity index (χ2n) is 4.92. The Labute approximate surface area is 107 Å². The zero-order chi connectivity index (χ0) is 13.1. The van der Waals surface area contributed by atoms with E-state index in [0.29, 0.717) is 11.3 Å². The summed E-state index contributed by atoms with van der Waals surface area (Å²) in [6, 6.07) is 4.49. The number of benzene rings is 1. The van der Waals surface area contributed by atoms with Gasteiger partial charge in [-0.25, -0.2) is 4.39 Å². The topological polar surface area (TPSA) is 44.5 Å². The van der Waals surface area contributed by atoms with Gasteiger partial charge in [0.1, 0.15) is 17.7 Å². The van der Waals surface area contributed by atoms with Crippen molar-refractivity contribution in [2.45, 2.75) is 51.5 Å². The van der Waals surface area contributed by atoms with Crippen molar-refractivity contribution in [1.82, 2.24) is 0 Å². The van der Waals surface area contributed by atoms with Crippen molar-refractivity contribution in [1.29, 1.82) is 0 Å². The molecule has 1 heterocycles. The van der Waals surface area contributed by atoms with E-state index in [1.165, 1.54) is 12.1 Å². The van der Waals surface area contributed by atoms with E-state index in [1.807, 2.05) is 13.8 Å². The number of nitrogens with two attached hydrogens (primary N) is 1. The fraction of sp³-hybridized carbons (Fsp3) is 0.571. The molecule has 3 nitrogen and oxygen atoms in total. The third kappa shape index (κ3) is 3.21. The lowest BCUT2D eigenvalue weighted by Crippen LogP contribution is -2.35. The van der Waals surface area contributed by atoms with E-state index < -0.39 is 0 Å². The molecule has 1 aromatic rings. The molecule has 1 aromatic carbocycles. The molecule has 1 aliphatic rings. The lowest BCUT2D eigenvalue weighted by atomic mass is 10.0. The van der Waals surface area contributed by atoms with Gasteiger partial charge in [-0.2, -0.15) is 0 Å². The average Bonchev–Trinajstić information content (AvgIpc) is 2.30. The Bertz CT molecular complexity index is 401. The summed E-state index contributed by atoms with van der Waals surface area (Å²) in [4.78, 5) is 0. The smallest absolute Gasteiger partial charge is 0.124 e. The number of halogens is 1. The maximum absolute atomic E-state index is 13.1. The van der Waals surface area contributed by atoms with Crippen molar-refractivity contribution >= 4 is 0 Å². The summed E-state index contributed by atoms with van der Waals surface area (Å²) >= 11 is 0. The molecule has 1 aliphatic heterocycles. The lowest BCUT2D eigenvalue weighted by Gasteiger charge is -2.32. The Morgan fingerprint density at radius 2 is 2.00 bits per heavy atom. The molecule has 0 saturated carbocycles. The minimum absolute atomic E-state index is 0.111. The van der Waals surface area contributed by atoms with Crippen molar-refractivity contribution in [2.75, 3.05) is 0 Å². The first kappa shape index (κ1) is 13.3. The zero-order valence-electron chi connectivity index (χ0n) is 10.9. The molecule has 0 radical (unpaired) electrons. The summed E-state index contributed by atoms with van der Waals surface area (Å²) in [6.45, 7) is 4.36. The molecule has 0 bridgehead atoms. The molecule has 18 heavy (non-hydrogen) atoms. The van der Waals surface area contributed by atoms with E-state index in [4.69, 9.17) is 15.2 Å². The van der Waals surface area contributed by atoms with Crippen molar-refractivity contribution in [3.8, 4) is 5.75 Å². The van der Waals surface area contributed by atoms with Crippen LogP contribution < -0.4 is 10.5 Å². The molecule has 1 fully saturated rings. The van der Waals surface area contributed by atoms with Gasteiger partial charge in [-0.05, 0) is 32.0 Å². The van der Waals surface area contributed by atoms with Gasteiger partial charge in [0.05, 0.1) is 12.2 Å². The van der Waals surface area contributed by atoms with Crippen LogP contribution in [0.5, 0.6) is 5.75 Å². The van der Waals surface area contributed by atoms with Gasteiger partial charge in [0.25, 0.3) is 0 Å². The highest BCUT2D eigenvalue weighted by atomic mass is 19.1. The van der Waals surface area contributed by atoms with E-state index in [1.54, 1.807) is 6.07 Å². The fourth-order valence-corrected chi connectivity index (χ4v) is 2.44. The highest BCUT2D eigenvalue weighted by Crippen LogP contribution is 2.26. The van der Waals surface area contributed by atoms with E-state index in [2.05, 4.69) is 0 Å². The third-order valence-electron chi connectivity index (χ3n) is 3.19. The van der Waals surface area contributed by atoms with Crippen LogP contribution in [0.3, 0.4) is 0 Å². The van der Waals surface area contributed by atoms with Gasteiger partial charge in [0.15, 0.2) is 0 Å². The van der Waals surface area contributed by atoms with Crippen LogP contribution in [0.25, 0.3) is 0 Å². The Kier molecular flexibility index (Phi) is 4.19. The molecule has 0 aliphatic carbocycles. The molecular formula is C14H20FNO2. The van der Waals surface area contributed by atoms with Crippen LogP contribution in [-0.4, -0.2) is 18.3 Å². The molecule has 0 aromatic heterocycles. The van der Waals surface area contributed by atoms with E-state index in [9.17, 15) is 4.39 Å². The third-order valence-corrected chi connectivity index (χ3v) is 3.19. The van der Waals surface area contributed by atoms with Gasteiger partial charge < -0.3 is 15.2 Å². The maximum atomic E-state index is 13.1. The van der Waals surface area contributed by atoms with Crippen molar-refractivity contribution in [3.63, 3.8) is 0 Å². The summed E-state index contributed by atoms with van der Waals surface area (Å²) in [7, 11) is 0. The summed E-state index contributed by atoms with van der Waals surface area (Å²) in [5, 5.41) is 0. The van der Waals surface area contributed by atoms with E-state index in [-0.39, 0.29) is 30.7 Å². The van der Waals surface area contributed by atoms with Crippen LogP contribution in [0, 0.1) is 5.82 Å². The van der Waals surface area contributed by atoms with E-state index >= 15 is 0 Å². The van der Waals surface area contributed by atoms with Crippen LogP contribution in [-0.2, 0) is 11.3 Å².